The molecule has 0 aliphatic rings. The van der Waals surface area contributed by atoms with Crippen LogP contribution in [-0.2, 0) is 14.2 Å². The van der Waals surface area contributed by atoms with E-state index in [1.165, 1.54) is 52.3 Å². The number of aryl methyl sites for hydroxylation is 2. The third kappa shape index (κ3) is 4.87. The zero-order chi connectivity index (χ0) is 26.7. The van der Waals surface area contributed by atoms with Gasteiger partial charge in [-0.1, -0.05) is 34.6 Å². The Bertz CT molecular complexity index is 1380. The van der Waals surface area contributed by atoms with E-state index < -0.39 is 23.9 Å². The highest BCUT2D eigenvalue weighted by Gasteiger charge is 2.30. The van der Waals surface area contributed by atoms with Crippen LogP contribution >= 0.6 is 0 Å². The van der Waals surface area contributed by atoms with Crippen LogP contribution in [0.5, 0.6) is 0 Å². The minimum Gasteiger partial charge on any atom is -0.465 e. The molecule has 0 bridgehead atoms. The second-order valence-corrected chi connectivity index (χ2v) is 7.76. The van der Waals surface area contributed by atoms with Gasteiger partial charge in [-0.2, -0.15) is 0 Å². The van der Waals surface area contributed by atoms with Gasteiger partial charge in [0.25, 0.3) is 0 Å². The molecule has 4 rings (SSSR count). The molecular weight excluding hydrogens is 484 g/mol. The van der Waals surface area contributed by atoms with Crippen molar-refractivity contribution < 1.29 is 42.4 Å². The van der Waals surface area contributed by atoms with Gasteiger partial charge in [0.2, 0.25) is 0 Å². The molecule has 4 aromatic rings. The van der Waals surface area contributed by atoms with Crippen LogP contribution in [0.1, 0.15) is 52.8 Å². The van der Waals surface area contributed by atoms with Crippen LogP contribution in [0.3, 0.4) is 0 Å². The summed E-state index contributed by atoms with van der Waals surface area (Å²) in [6.07, 6.45) is 0. The highest BCUT2D eigenvalue weighted by Crippen LogP contribution is 2.30. The van der Waals surface area contributed by atoms with E-state index in [4.69, 9.17) is 13.8 Å². The first kappa shape index (κ1) is 25.0. The molecule has 0 amide bonds. The van der Waals surface area contributed by atoms with Gasteiger partial charge < -0.3 is 23.3 Å². The molecule has 2 heterocycles. The first-order valence-corrected chi connectivity index (χ1v) is 10.8. The van der Waals surface area contributed by atoms with Gasteiger partial charge in [-0.25, -0.2) is 19.2 Å². The van der Waals surface area contributed by atoms with Gasteiger partial charge in [-0.05, 0) is 38.1 Å². The molecule has 11 nitrogen and oxygen atoms in total. The fraction of sp³-hybridized carbons (Fsp3) is 0.154. The number of carbonyl (C=O) groups excluding carboxylic acids is 4. The van der Waals surface area contributed by atoms with Crippen LogP contribution in [0.25, 0.3) is 22.6 Å². The maximum absolute atomic E-state index is 13.0. The molecule has 0 aliphatic carbocycles. The number of ether oxygens (including phenoxy) is 3. The summed E-state index contributed by atoms with van der Waals surface area (Å²) in [4.78, 5) is 49.5. The number of nitrogens with zero attached hydrogens (tertiary/aromatic N) is 2. The van der Waals surface area contributed by atoms with Crippen molar-refractivity contribution in [1.82, 2.24) is 10.3 Å². The van der Waals surface area contributed by atoms with E-state index in [2.05, 4.69) is 19.8 Å². The summed E-state index contributed by atoms with van der Waals surface area (Å²) in [5.74, 6) is -2.91. The summed E-state index contributed by atoms with van der Waals surface area (Å²) >= 11 is 0. The largest absolute Gasteiger partial charge is 0.465 e. The van der Waals surface area contributed by atoms with Gasteiger partial charge in [0.15, 0.2) is 11.5 Å². The molecule has 0 saturated heterocycles. The molecule has 0 spiro atoms. The molecule has 0 radical (unpaired) electrons. The van der Waals surface area contributed by atoms with Crippen molar-refractivity contribution in [3.8, 4) is 22.6 Å². The smallest absolute Gasteiger partial charge is 0.351 e. The first-order chi connectivity index (χ1) is 17.7. The number of carbonyl (C=O) groups is 4. The van der Waals surface area contributed by atoms with Gasteiger partial charge in [0.1, 0.15) is 11.1 Å². The van der Waals surface area contributed by atoms with Gasteiger partial charge in [-0.3, -0.25) is 0 Å². The fourth-order valence-corrected chi connectivity index (χ4v) is 3.55. The average molecular weight is 504 g/mol. The minimum absolute atomic E-state index is 0.0581. The Hall–Kier alpha value is -5.06. The number of methoxy groups -OCH3 is 2. The van der Waals surface area contributed by atoms with Crippen molar-refractivity contribution in [2.45, 2.75) is 13.8 Å². The number of esters is 4. The molecule has 0 fully saturated rings. The van der Waals surface area contributed by atoms with Gasteiger partial charge in [-0.15, -0.1) is 0 Å². The highest BCUT2D eigenvalue weighted by atomic mass is 16.6. The SMILES string of the molecule is COC(=O)c1ccc(-c2onc(C)c2C(=O)OC(=O)c2c(C)noc2-c2ccc(C(=O)OC)cc2)cc1. The zero-order valence-electron chi connectivity index (χ0n) is 20.2. The van der Waals surface area contributed by atoms with E-state index >= 15 is 0 Å². The van der Waals surface area contributed by atoms with E-state index in [9.17, 15) is 19.2 Å². The lowest BCUT2D eigenvalue weighted by atomic mass is 10.0. The predicted octanol–water partition coefficient (Wildman–Crippen LogP) is 4.18. The van der Waals surface area contributed by atoms with Crippen LogP contribution in [0.15, 0.2) is 57.6 Å². The summed E-state index contributed by atoms with van der Waals surface area (Å²) < 4.78 is 25.1. The van der Waals surface area contributed by atoms with Crippen LogP contribution in [0.4, 0.5) is 0 Å². The van der Waals surface area contributed by atoms with Crippen LogP contribution in [0, 0.1) is 13.8 Å². The molecule has 11 heteroatoms. The number of hydrogen-bond donors (Lipinski definition) is 0. The Balaban J connectivity index is 1.60. The molecule has 0 saturated carbocycles. The maximum Gasteiger partial charge on any atom is 0.351 e. The van der Waals surface area contributed by atoms with Gasteiger partial charge in [0.05, 0.1) is 36.7 Å². The molecule has 0 N–H and O–H groups in total. The average Bonchev–Trinajstić information content (AvgIpc) is 3.50. The van der Waals surface area contributed by atoms with Gasteiger partial charge >= 0.3 is 23.9 Å². The predicted molar refractivity (Wildman–Crippen MR) is 126 cm³/mol. The van der Waals surface area contributed by atoms with E-state index in [0.29, 0.717) is 22.3 Å². The summed E-state index contributed by atoms with van der Waals surface area (Å²) in [5, 5.41) is 7.65. The lowest BCUT2D eigenvalue weighted by Crippen LogP contribution is -2.15. The lowest BCUT2D eigenvalue weighted by Gasteiger charge is -2.06. The van der Waals surface area contributed by atoms with Crippen LogP contribution in [-0.4, -0.2) is 48.4 Å². The molecule has 2 aromatic heterocycles. The fourth-order valence-electron chi connectivity index (χ4n) is 3.55. The normalized spacial score (nSPS) is 10.6. The second-order valence-electron chi connectivity index (χ2n) is 7.76. The Morgan fingerprint density at radius 3 is 1.27 bits per heavy atom. The number of aromatic nitrogens is 2. The molecule has 0 unspecified atom stereocenters. The summed E-state index contributed by atoms with van der Waals surface area (Å²) in [7, 11) is 2.53. The monoisotopic (exact) mass is 504 g/mol. The molecule has 0 aliphatic heterocycles. The van der Waals surface area contributed by atoms with Crippen molar-refractivity contribution in [2.75, 3.05) is 14.2 Å². The lowest BCUT2D eigenvalue weighted by molar-refractivity contribution is 0.0396. The summed E-state index contributed by atoms with van der Waals surface area (Å²) in [6, 6.07) is 12.2. The van der Waals surface area contributed by atoms with Crippen LogP contribution in [0.2, 0.25) is 0 Å². The van der Waals surface area contributed by atoms with E-state index in [-0.39, 0.29) is 34.0 Å². The molecule has 2 aromatic carbocycles. The molecule has 0 atom stereocenters. The van der Waals surface area contributed by atoms with E-state index in [1.54, 1.807) is 24.3 Å². The topological polar surface area (TPSA) is 148 Å². The Kier molecular flexibility index (Phi) is 6.96. The quantitative estimate of drug-likeness (QED) is 0.211. The van der Waals surface area contributed by atoms with E-state index in [1.807, 2.05) is 0 Å². The third-order valence-corrected chi connectivity index (χ3v) is 5.46. The summed E-state index contributed by atoms with van der Waals surface area (Å²) in [6.45, 7) is 3.05. The number of rotatable bonds is 6. The van der Waals surface area contributed by atoms with Crippen molar-refractivity contribution in [3.63, 3.8) is 0 Å². The Labute approximate surface area is 209 Å². The standard InChI is InChI=1S/C26H20N2O9/c1-13-19(21(36-27-13)15-5-9-17(10-6-15)23(29)33-3)25(31)35-26(32)20-14(2)28-37-22(20)16-7-11-18(12-8-16)24(30)34-4/h5-12H,1-4H3. The zero-order valence-corrected chi connectivity index (χ0v) is 20.2. The second kappa shape index (κ2) is 10.3. The highest BCUT2D eigenvalue weighted by molar-refractivity contribution is 6.08. The first-order valence-electron chi connectivity index (χ1n) is 10.8. The molecular formula is C26H20N2O9. The van der Waals surface area contributed by atoms with Crippen molar-refractivity contribution in [2.24, 2.45) is 0 Å². The minimum atomic E-state index is -0.997. The Morgan fingerprint density at radius 1 is 0.595 bits per heavy atom. The van der Waals surface area contributed by atoms with E-state index in [0.717, 1.165) is 0 Å². The molecule has 37 heavy (non-hydrogen) atoms. The van der Waals surface area contributed by atoms with Gasteiger partial charge in [0, 0.05) is 11.1 Å². The Morgan fingerprint density at radius 2 is 0.946 bits per heavy atom. The van der Waals surface area contributed by atoms with Crippen molar-refractivity contribution in [1.29, 1.82) is 0 Å². The summed E-state index contributed by atoms with van der Waals surface area (Å²) in [5.41, 5.74) is 1.75. The third-order valence-electron chi connectivity index (χ3n) is 5.46. The number of benzene rings is 2. The van der Waals surface area contributed by atoms with Crippen molar-refractivity contribution >= 4 is 23.9 Å². The van der Waals surface area contributed by atoms with Crippen molar-refractivity contribution in [3.05, 3.63) is 82.2 Å². The number of hydrogen-bond acceptors (Lipinski definition) is 11. The maximum atomic E-state index is 13.0. The van der Waals surface area contributed by atoms with Crippen LogP contribution < -0.4 is 0 Å². The molecule has 188 valence electrons.